The zero-order chi connectivity index (χ0) is 9.61. The second-order valence-corrected chi connectivity index (χ2v) is 10.9. The van der Waals surface area contributed by atoms with E-state index < -0.39 is 6.69 Å². The van der Waals surface area contributed by atoms with Crippen LogP contribution in [-0.2, 0) is 4.79 Å². The molecule has 0 aliphatic rings. The molecule has 0 spiro atoms. The molecule has 1 N–H and O–H groups in total. The largest absolute Gasteiger partial charge is 0.353 e. The van der Waals surface area contributed by atoms with E-state index in [1.165, 1.54) is 6.08 Å². The third-order valence-electron chi connectivity index (χ3n) is 1.28. The maximum Gasteiger partial charge on any atom is 0.248 e. The fraction of sp³-hybridized carbons (Fsp3) is 0.571. The number of rotatable bonds is 5. The molecule has 0 bridgehead atoms. The van der Waals surface area contributed by atoms with Gasteiger partial charge < -0.3 is 5.32 Å². The smallest absolute Gasteiger partial charge is 0.248 e. The molecule has 12 heavy (non-hydrogen) atoms. The van der Waals surface area contributed by atoms with Crippen LogP contribution in [-0.4, -0.2) is 19.1 Å². The highest BCUT2D eigenvalue weighted by molar-refractivity contribution is 7.44. The monoisotopic (exact) mass is 225 g/mol. The van der Waals surface area contributed by atoms with Crippen molar-refractivity contribution in [3.8, 4) is 0 Å². The molecule has 0 aromatic heterocycles. The Bertz CT molecular complexity index is 167. The second kappa shape index (κ2) is 5.62. The van der Waals surface area contributed by atoms with E-state index in [0.717, 1.165) is 12.5 Å². The standard InChI is InChI=1S/C7H13Cl2NOSi/c1-3-7(11)10-5-4-6-12(2,8)9/h3H,1,4-6H2,2H3,(H,10,11). The van der Waals surface area contributed by atoms with Crippen LogP contribution in [0.1, 0.15) is 6.42 Å². The van der Waals surface area contributed by atoms with Gasteiger partial charge in [-0.25, -0.2) is 0 Å². The van der Waals surface area contributed by atoms with Crippen LogP contribution in [0.15, 0.2) is 12.7 Å². The van der Waals surface area contributed by atoms with Crippen molar-refractivity contribution < 1.29 is 4.79 Å². The third kappa shape index (κ3) is 8.11. The van der Waals surface area contributed by atoms with E-state index in [1.54, 1.807) is 0 Å². The average molecular weight is 226 g/mol. The van der Waals surface area contributed by atoms with Crippen molar-refractivity contribution in [2.24, 2.45) is 0 Å². The molecule has 5 heteroatoms. The molecule has 0 saturated heterocycles. The molecular formula is C7H13Cl2NOSi. The van der Waals surface area contributed by atoms with E-state index in [1.807, 2.05) is 6.55 Å². The fourth-order valence-corrected chi connectivity index (χ4v) is 2.28. The molecule has 0 aromatic carbocycles. The Hall–Kier alpha value is 0.00688. The molecular weight excluding hydrogens is 213 g/mol. The summed E-state index contributed by atoms with van der Waals surface area (Å²) < 4.78 is 0. The van der Waals surface area contributed by atoms with Crippen LogP contribution in [0.2, 0.25) is 12.6 Å². The van der Waals surface area contributed by atoms with E-state index in [-0.39, 0.29) is 5.91 Å². The molecule has 0 unspecified atom stereocenters. The summed E-state index contributed by atoms with van der Waals surface area (Å²) in [5, 5.41) is 2.65. The van der Waals surface area contributed by atoms with Gasteiger partial charge in [-0.05, 0) is 25.1 Å². The number of halogens is 2. The molecule has 0 atom stereocenters. The molecule has 0 aliphatic heterocycles. The predicted octanol–water partition coefficient (Wildman–Crippen LogP) is 2.23. The average Bonchev–Trinajstić information content (AvgIpc) is 1.96. The molecule has 0 radical (unpaired) electrons. The van der Waals surface area contributed by atoms with Gasteiger partial charge in [-0.1, -0.05) is 6.58 Å². The zero-order valence-corrected chi connectivity index (χ0v) is 9.58. The lowest BCUT2D eigenvalue weighted by atomic mass is 10.4. The predicted molar refractivity (Wildman–Crippen MR) is 56.0 cm³/mol. The molecule has 0 rings (SSSR count). The quantitative estimate of drug-likeness (QED) is 0.331. The summed E-state index contributed by atoms with van der Waals surface area (Å²) in [6.45, 7) is 3.84. The number of carbonyl (C=O) groups is 1. The summed E-state index contributed by atoms with van der Waals surface area (Å²) >= 11 is 11.7. The summed E-state index contributed by atoms with van der Waals surface area (Å²) in [5.41, 5.74) is 0. The minimum atomic E-state index is -1.97. The Morgan fingerprint density at radius 2 is 2.25 bits per heavy atom. The summed E-state index contributed by atoms with van der Waals surface area (Å²) in [4.78, 5) is 10.7. The SMILES string of the molecule is C=CC(=O)NCCC[Si](C)(Cl)Cl. The molecule has 1 amide bonds. The summed E-state index contributed by atoms with van der Waals surface area (Å²) in [6, 6.07) is 0.799. The molecule has 0 fully saturated rings. The third-order valence-corrected chi connectivity index (χ3v) is 3.64. The Morgan fingerprint density at radius 1 is 1.67 bits per heavy atom. The van der Waals surface area contributed by atoms with Gasteiger partial charge in [0.2, 0.25) is 12.6 Å². The summed E-state index contributed by atoms with van der Waals surface area (Å²) in [7, 11) is 0. The van der Waals surface area contributed by atoms with Crippen LogP contribution in [0, 0.1) is 0 Å². The van der Waals surface area contributed by atoms with Crippen molar-refractivity contribution in [3.05, 3.63) is 12.7 Å². The van der Waals surface area contributed by atoms with Gasteiger partial charge in [0, 0.05) is 6.54 Å². The van der Waals surface area contributed by atoms with Crippen molar-refractivity contribution in [3.63, 3.8) is 0 Å². The van der Waals surface area contributed by atoms with E-state index in [0.29, 0.717) is 6.54 Å². The highest BCUT2D eigenvalue weighted by Crippen LogP contribution is 2.20. The van der Waals surface area contributed by atoms with Crippen molar-refractivity contribution in [1.82, 2.24) is 5.32 Å². The maximum absolute atomic E-state index is 10.7. The van der Waals surface area contributed by atoms with Crippen LogP contribution >= 0.6 is 22.2 Å². The Labute approximate surface area is 83.3 Å². The van der Waals surface area contributed by atoms with Gasteiger partial charge in [0.1, 0.15) is 0 Å². The van der Waals surface area contributed by atoms with E-state index in [2.05, 4.69) is 11.9 Å². The molecule has 0 heterocycles. The van der Waals surface area contributed by atoms with Crippen LogP contribution < -0.4 is 5.32 Å². The fourth-order valence-electron chi connectivity index (χ4n) is 0.683. The van der Waals surface area contributed by atoms with Gasteiger partial charge in [-0.15, -0.1) is 22.2 Å². The number of nitrogens with one attached hydrogen (secondary N) is 1. The zero-order valence-electron chi connectivity index (χ0n) is 7.07. The summed E-state index contributed by atoms with van der Waals surface area (Å²) in [5.74, 6) is -0.150. The number of amides is 1. The lowest BCUT2D eigenvalue weighted by Crippen LogP contribution is -2.23. The molecule has 0 aliphatic carbocycles. The molecule has 2 nitrogen and oxygen atoms in total. The minimum Gasteiger partial charge on any atom is -0.353 e. The van der Waals surface area contributed by atoms with Gasteiger partial charge in [0.05, 0.1) is 0 Å². The molecule has 0 saturated carbocycles. The second-order valence-electron chi connectivity index (χ2n) is 2.67. The first-order valence-corrected chi connectivity index (χ1v) is 8.47. The van der Waals surface area contributed by atoms with Crippen molar-refractivity contribution >= 4 is 34.8 Å². The Kier molecular flexibility index (Phi) is 5.62. The van der Waals surface area contributed by atoms with Crippen LogP contribution in [0.5, 0.6) is 0 Å². The number of hydrogen-bond donors (Lipinski definition) is 1. The van der Waals surface area contributed by atoms with Gasteiger partial charge in [-0.3, -0.25) is 4.79 Å². The van der Waals surface area contributed by atoms with Gasteiger partial charge in [-0.2, -0.15) is 0 Å². The molecule has 0 aromatic rings. The van der Waals surface area contributed by atoms with E-state index >= 15 is 0 Å². The highest BCUT2D eigenvalue weighted by Gasteiger charge is 2.19. The first-order chi connectivity index (χ1) is 5.45. The first kappa shape index (κ1) is 12.0. The number of hydrogen-bond acceptors (Lipinski definition) is 1. The van der Waals surface area contributed by atoms with Gasteiger partial charge >= 0.3 is 0 Å². The topological polar surface area (TPSA) is 29.1 Å². The highest BCUT2D eigenvalue weighted by atomic mass is 35.7. The first-order valence-electron chi connectivity index (χ1n) is 3.74. The van der Waals surface area contributed by atoms with Crippen molar-refractivity contribution in [1.29, 1.82) is 0 Å². The van der Waals surface area contributed by atoms with Crippen LogP contribution in [0.25, 0.3) is 0 Å². The number of carbonyl (C=O) groups excluding carboxylic acids is 1. The summed E-state index contributed by atoms with van der Waals surface area (Å²) in [6.07, 6.45) is 2.08. The lowest BCUT2D eigenvalue weighted by molar-refractivity contribution is -0.116. The van der Waals surface area contributed by atoms with Crippen LogP contribution in [0.3, 0.4) is 0 Å². The van der Waals surface area contributed by atoms with Crippen molar-refractivity contribution in [2.75, 3.05) is 6.54 Å². The van der Waals surface area contributed by atoms with Gasteiger partial charge in [0.25, 0.3) is 0 Å². The van der Waals surface area contributed by atoms with Crippen LogP contribution in [0.4, 0.5) is 0 Å². The van der Waals surface area contributed by atoms with E-state index in [4.69, 9.17) is 22.2 Å². The lowest BCUT2D eigenvalue weighted by Gasteiger charge is -2.09. The normalized spacial score (nSPS) is 10.9. The maximum atomic E-state index is 10.7. The van der Waals surface area contributed by atoms with Crippen molar-refractivity contribution in [2.45, 2.75) is 19.0 Å². The Balaban J connectivity index is 3.34. The van der Waals surface area contributed by atoms with E-state index in [9.17, 15) is 4.79 Å². The molecule has 70 valence electrons. The van der Waals surface area contributed by atoms with Gasteiger partial charge in [0.15, 0.2) is 0 Å². The minimum absolute atomic E-state index is 0.150. The Morgan fingerprint density at radius 3 is 2.67 bits per heavy atom.